The maximum atomic E-state index is 11.7. The third kappa shape index (κ3) is 9.52. The van der Waals surface area contributed by atoms with Crippen LogP contribution >= 0.6 is 0 Å². The van der Waals surface area contributed by atoms with E-state index in [0.717, 1.165) is 35.5 Å². The normalized spacial score (nSPS) is 11.1. The van der Waals surface area contributed by atoms with Crippen LogP contribution in [0.2, 0.25) is 0 Å². The van der Waals surface area contributed by atoms with Crippen molar-refractivity contribution in [2.24, 2.45) is 0 Å². The van der Waals surface area contributed by atoms with Gasteiger partial charge in [0.25, 0.3) is 0 Å². The molecule has 0 aromatic heterocycles. The van der Waals surface area contributed by atoms with Crippen molar-refractivity contribution in [3.63, 3.8) is 0 Å². The van der Waals surface area contributed by atoms with Crippen molar-refractivity contribution in [1.29, 1.82) is 0 Å². The molecule has 0 bridgehead atoms. The van der Waals surface area contributed by atoms with Crippen LogP contribution in [0.4, 0.5) is 17.1 Å². The van der Waals surface area contributed by atoms with Crippen molar-refractivity contribution >= 4 is 29.1 Å². The molecule has 3 heteroatoms. The SMILES string of the molecule is CCCCCCc1ccc(N(c2ccc(C=CC(=O)OCC)cc2)c2ccc(CCCCCC)cc2)cc1. The first-order valence-electron chi connectivity index (χ1n) is 14.6. The van der Waals surface area contributed by atoms with E-state index < -0.39 is 0 Å². The topological polar surface area (TPSA) is 29.5 Å². The van der Waals surface area contributed by atoms with E-state index in [0.29, 0.717) is 6.61 Å². The minimum atomic E-state index is -0.317. The lowest BCUT2D eigenvalue weighted by Crippen LogP contribution is -2.10. The van der Waals surface area contributed by atoms with Crippen LogP contribution in [0.15, 0.2) is 78.9 Å². The van der Waals surface area contributed by atoms with Crippen LogP contribution in [0.3, 0.4) is 0 Å². The van der Waals surface area contributed by atoms with Gasteiger partial charge in [0.05, 0.1) is 6.61 Å². The van der Waals surface area contributed by atoms with E-state index in [4.69, 9.17) is 4.74 Å². The number of carbonyl (C=O) groups excluding carboxylic acids is 1. The smallest absolute Gasteiger partial charge is 0.330 e. The molecule has 0 fully saturated rings. The van der Waals surface area contributed by atoms with Crippen LogP contribution in [-0.4, -0.2) is 12.6 Å². The van der Waals surface area contributed by atoms with Gasteiger partial charge < -0.3 is 9.64 Å². The van der Waals surface area contributed by atoms with Crippen molar-refractivity contribution in [3.8, 4) is 0 Å². The summed E-state index contributed by atoms with van der Waals surface area (Å²) in [5, 5.41) is 0. The van der Waals surface area contributed by atoms with Crippen molar-refractivity contribution in [1.82, 2.24) is 0 Å². The van der Waals surface area contributed by atoms with Crippen LogP contribution in [0.5, 0.6) is 0 Å². The number of hydrogen-bond donors (Lipinski definition) is 0. The van der Waals surface area contributed by atoms with Gasteiger partial charge in [-0.2, -0.15) is 0 Å². The standard InChI is InChI=1S/C35H45NO2/c1-4-7-9-11-13-29-15-22-32(23-16-29)36(33-24-17-30(18-25-33)14-12-10-8-5-2)34-26-19-31(20-27-34)21-28-35(37)38-6-3/h15-28H,4-14H2,1-3H3. The molecule has 0 amide bonds. The molecular weight excluding hydrogens is 466 g/mol. The number of rotatable bonds is 16. The van der Waals surface area contributed by atoms with Crippen LogP contribution in [0.1, 0.15) is 88.8 Å². The third-order valence-electron chi connectivity index (χ3n) is 6.88. The number of carbonyl (C=O) groups is 1. The molecular formula is C35H45NO2. The molecule has 0 aliphatic rings. The van der Waals surface area contributed by atoms with Gasteiger partial charge in [0.2, 0.25) is 0 Å². The number of nitrogens with zero attached hydrogens (tertiary/aromatic N) is 1. The maximum Gasteiger partial charge on any atom is 0.330 e. The molecule has 202 valence electrons. The summed E-state index contributed by atoms with van der Waals surface area (Å²) in [5.74, 6) is -0.317. The Kier molecular flexibility index (Phi) is 12.7. The Hall–Kier alpha value is -3.33. The second-order valence-corrected chi connectivity index (χ2v) is 9.97. The Balaban J connectivity index is 1.81. The molecule has 3 rings (SSSR count). The molecule has 0 heterocycles. The van der Waals surface area contributed by atoms with Crippen molar-refractivity contribution < 1.29 is 9.53 Å². The third-order valence-corrected chi connectivity index (χ3v) is 6.88. The number of aryl methyl sites for hydroxylation is 2. The summed E-state index contributed by atoms with van der Waals surface area (Å²) in [7, 11) is 0. The minimum Gasteiger partial charge on any atom is -0.463 e. The highest BCUT2D eigenvalue weighted by molar-refractivity contribution is 5.87. The fraction of sp³-hybridized carbons (Fsp3) is 0.400. The van der Waals surface area contributed by atoms with Gasteiger partial charge >= 0.3 is 5.97 Å². The monoisotopic (exact) mass is 511 g/mol. The van der Waals surface area contributed by atoms with Gasteiger partial charge in [0.15, 0.2) is 0 Å². The van der Waals surface area contributed by atoms with Gasteiger partial charge in [-0.1, -0.05) is 88.8 Å². The van der Waals surface area contributed by atoms with Gasteiger partial charge in [0, 0.05) is 23.1 Å². The second-order valence-electron chi connectivity index (χ2n) is 9.97. The predicted molar refractivity (Wildman–Crippen MR) is 162 cm³/mol. The molecule has 0 saturated carbocycles. The summed E-state index contributed by atoms with van der Waals surface area (Å²) in [4.78, 5) is 14.0. The molecule has 0 radical (unpaired) electrons. The Morgan fingerprint density at radius 1 is 0.632 bits per heavy atom. The van der Waals surface area contributed by atoms with Gasteiger partial charge in [0.1, 0.15) is 0 Å². The van der Waals surface area contributed by atoms with E-state index in [2.05, 4.69) is 79.4 Å². The highest BCUT2D eigenvalue weighted by Gasteiger charge is 2.13. The van der Waals surface area contributed by atoms with E-state index in [1.807, 2.05) is 19.1 Å². The molecule has 0 atom stereocenters. The average Bonchev–Trinajstić information content (AvgIpc) is 2.95. The zero-order chi connectivity index (χ0) is 27.0. The molecule has 3 aromatic carbocycles. The lowest BCUT2D eigenvalue weighted by atomic mass is 10.0. The zero-order valence-electron chi connectivity index (χ0n) is 23.6. The van der Waals surface area contributed by atoms with Crippen molar-refractivity contribution in [2.45, 2.75) is 85.0 Å². The van der Waals surface area contributed by atoms with Crippen molar-refractivity contribution in [2.75, 3.05) is 11.5 Å². The van der Waals surface area contributed by atoms with E-state index in [9.17, 15) is 4.79 Å². The molecule has 0 aliphatic heterocycles. The molecule has 0 unspecified atom stereocenters. The largest absolute Gasteiger partial charge is 0.463 e. The molecule has 38 heavy (non-hydrogen) atoms. The number of hydrogen-bond acceptors (Lipinski definition) is 3. The quantitative estimate of drug-likeness (QED) is 0.109. The maximum absolute atomic E-state index is 11.7. The fourth-order valence-electron chi connectivity index (χ4n) is 4.67. The Morgan fingerprint density at radius 3 is 1.50 bits per heavy atom. The molecule has 0 aliphatic carbocycles. The van der Waals surface area contributed by atoms with E-state index in [-0.39, 0.29) is 5.97 Å². The summed E-state index contributed by atoms with van der Waals surface area (Å²) < 4.78 is 5.00. The number of esters is 1. The molecule has 0 N–H and O–H groups in total. The summed E-state index contributed by atoms with van der Waals surface area (Å²) in [5.41, 5.74) is 7.13. The first-order chi connectivity index (χ1) is 18.6. The van der Waals surface area contributed by atoms with Gasteiger partial charge in [-0.05, 0) is 91.8 Å². The molecule has 3 aromatic rings. The predicted octanol–water partition coefficient (Wildman–Crippen LogP) is 9.98. The first kappa shape index (κ1) is 29.2. The lowest BCUT2D eigenvalue weighted by Gasteiger charge is -2.26. The van der Waals surface area contributed by atoms with Crippen LogP contribution in [-0.2, 0) is 22.4 Å². The Morgan fingerprint density at radius 2 is 1.08 bits per heavy atom. The molecule has 0 saturated heterocycles. The summed E-state index contributed by atoms with van der Waals surface area (Å²) in [6.07, 6.45) is 15.8. The van der Waals surface area contributed by atoms with Gasteiger partial charge in [-0.25, -0.2) is 4.79 Å². The minimum absolute atomic E-state index is 0.317. The Labute approximate surface area is 230 Å². The number of unbranched alkanes of at least 4 members (excludes halogenated alkanes) is 6. The molecule has 0 spiro atoms. The Bertz CT molecular complexity index is 1040. The van der Waals surface area contributed by atoms with Crippen LogP contribution in [0.25, 0.3) is 6.08 Å². The van der Waals surface area contributed by atoms with Gasteiger partial charge in [-0.3, -0.25) is 0 Å². The summed E-state index contributed by atoms with van der Waals surface area (Å²) >= 11 is 0. The average molecular weight is 512 g/mol. The number of ether oxygens (including phenoxy) is 1. The summed E-state index contributed by atoms with van der Waals surface area (Å²) in [6.45, 7) is 6.70. The highest BCUT2D eigenvalue weighted by atomic mass is 16.5. The summed E-state index contributed by atoms with van der Waals surface area (Å²) in [6, 6.07) is 26.4. The lowest BCUT2D eigenvalue weighted by molar-refractivity contribution is -0.137. The fourth-order valence-corrected chi connectivity index (χ4v) is 4.67. The number of benzene rings is 3. The number of anilines is 3. The van der Waals surface area contributed by atoms with Crippen molar-refractivity contribution in [3.05, 3.63) is 95.6 Å². The molecule has 3 nitrogen and oxygen atoms in total. The van der Waals surface area contributed by atoms with Gasteiger partial charge in [-0.15, -0.1) is 0 Å². The zero-order valence-corrected chi connectivity index (χ0v) is 23.6. The van der Waals surface area contributed by atoms with E-state index in [1.165, 1.54) is 68.6 Å². The van der Waals surface area contributed by atoms with Crippen LogP contribution < -0.4 is 4.90 Å². The first-order valence-corrected chi connectivity index (χ1v) is 14.6. The second kappa shape index (κ2) is 16.5. The highest BCUT2D eigenvalue weighted by Crippen LogP contribution is 2.35. The van der Waals surface area contributed by atoms with E-state index >= 15 is 0 Å². The van der Waals surface area contributed by atoms with E-state index in [1.54, 1.807) is 6.08 Å². The van der Waals surface area contributed by atoms with Crippen LogP contribution in [0, 0.1) is 0 Å².